The van der Waals surface area contributed by atoms with E-state index in [1.165, 1.54) is 5.56 Å². The minimum Gasteiger partial charge on any atom is -0.497 e. The van der Waals surface area contributed by atoms with Crippen LogP contribution in [0, 0.1) is 6.92 Å². The average molecular weight is 284 g/mol. The van der Waals surface area contributed by atoms with Crippen LogP contribution in [-0.2, 0) is 6.42 Å². The fourth-order valence-corrected chi connectivity index (χ4v) is 2.85. The van der Waals surface area contributed by atoms with Gasteiger partial charge in [0.15, 0.2) is 0 Å². The van der Waals surface area contributed by atoms with Gasteiger partial charge in [-0.25, -0.2) is 0 Å². The van der Waals surface area contributed by atoms with E-state index in [9.17, 15) is 5.11 Å². The van der Waals surface area contributed by atoms with E-state index in [0.717, 1.165) is 35.5 Å². The average Bonchev–Trinajstić information content (AvgIpc) is 2.50. The van der Waals surface area contributed by atoms with Crippen LogP contribution in [0.2, 0.25) is 0 Å². The molecule has 0 aromatic heterocycles. The number of hydrogen-bond acceptors (Lipinski definition) is 3. The van der Waals surface area contributed by atoms with E-state index in [-0.39, 0.29) is 6.10 Å². The lowest BCUT2D eigenvalue weighted by Crippen LogP contribution is -2.30. The Bertz CT molecular complexity index is 636. The van der Waals surface area contributed by atoms with E-state index in [4.69, 9.17) is 9.47 Å². The summed E-state index contributed by atoms with van der Waals surface area (Å²) in [6, 6.07) is 13.8. The van der Waals surface area contributed by atoms with Gasteiger partial charge in [-0.2, -0.15) is 0 Å². The largest absolute Gasteiger partial charge is 0.497 e. The molecular formula is C18H20O3. The van der Waals surface area contributed by atoms with Gasteiger partial charge >= 0.3 is 0 Å². The Morgan fingerprint density at radius 3 is 2.71 bits per heavy atom. The molecule has 0 amide bonds. The molecule has 21 heavy (non-hydrogen) atoms. The molecule has 0 saturated heterocycles. The van der Waals surface area contributed by atoms with Crippen LogP contribution in [0.4, 0.5) is 0 Å². The van der Waals surface area contributed by atoms with E-state index in [0.29, 0.717) is 0 Å². The molecule has 0 fully saturated rings. The highest BCUT2D eigenvalue weighted by atomic mass is 16.5. The molecule has 0 saturated carbocycles. The van der Waals surface area contributed by atoms with Gasteiger partial charge in [0.2, 0.25) is 0 Å². The zero-order valence-corrected chi connectivity index (χ0v) is 12.4. The van der Waals surface area contributed by atoms with Crippen LogP contribution in [0.15, 0.2) is 42.5 Å². The molecule has 2 aromatic rings. The molecule has 1 aliphatic carbocycles. The first-order valence-corrected chi connectivity index (χ1v) is 7.25. The zero-order valence-electron chi connectivity index (χ0n) is 12.4. The predicted octanol–water partition coefficient (Wildman–Crippen LogP) is 3.43. The minimum absolute atomic E-state index is 0.216. The fraction of sp³-hybridized carbons (Fsp3) is 0.333. The number of aryl methyl sites for hydroxylation is 2. The maximum Gasteiger partial charge on any atom is 0.129 e. The molecule has 1 aliphatic rings. The zero-order chi connectivity index (χ0) is 14.8. The summed E-state index contributed by atoms with van der Waals surface area (Å²) in [6.45, 7) is 2.03. The number of benzene rings is 2. The van der Waals surface area contributed by atoms with Gasteiger partial charge in [0.1, 0.15) is 23.7 Å². The molecule has 110 valence electrons. The van der Waals surface area contributed by atoms with E-state index in [1.807, 2.05) is 49.4 Å². The molecule has 0 spiro atoms. The first kappa shape index (κ1) is 14.0. The summed E-state index contributed by atoms with van der Waals surface area (Å²) in [4.78, 5) is 0. The van der Waals surface area contributed by atoms with Gasteiger partial charge < -0.3 is 14.6 Å². The van der Waals surface area contributed by atoms with Gasteiger partial charge in [0.25, 0.3) is 0 Å². The van der Waals surface area contributed by atoms with Crippen LogP contribution in [0.3, 0.4) is 0 Å². The first-order chi connectivity index (χ1) is 10.2. The smallest absolute Gasteiger partial charge is 0.129 e. The molecule has 0 aliphatic heterocycles. The van der Waals surface area contributed by atoms with Crippen LogP contribution in [0.5, 0.6) is 11.5 Å². The SMILES string of the molecule is COc1ccc2c(c1)C(O)C(Oc1cccc(C)c1)CC2. The molecule has 2 unspecified atom stereocenters. The number of hydrogen-bond donors (Lipinski definition) is 1. The lowest BCUT2D eigenvalue weighted by molar-refractivity contribution is 0.0229. The van der Waals surface area contributed by atoms with Crippen molar-refractivity contribution in [2.24, 2.45) is 0 Å². The quantitative estimate of drug-likeness (QED) is 0.938. The summed E-state index contributed by atoms with van der Waals surface area (Å²) in [5, 5.41) is 10.6. The number of fused-ring (bicyclic) bond motifs is 1. The van der Waals surface area contributed by atoms with Crippen molar-refractivity contribution in [3.8, 4) is 11.5 Å². The number of rotatable bonds is 3. The van der Waals surface area contributed by atoms with Gasteiger partial charge in [-0.15, -0.1) is 0 Å². The summed E-state index contributed by atoms with van der Waals surface area (Å²) in [5.74, 6) is 1.58. The Balaban J connectivity index is 1.82. The summed E-state index contributed by atoms with van der Waals surface area (Å²) in [6.07, 6.45) is 0.886. The van der Waals surface area contributed by atoms with E-state index >= 15 is 0 Å². The summed E-state index contributed by atoms with van der Waals surface area (Å²) in [5.41, 5.74) is 3.24. The highest BCUT2D eigenvalue weighted by Gasteiger charge is 2.29. The molecule has 2 atom stereocenters. The second kappa shape index (κ2) is 5.78. The first-order valence-electron chi connectivity index (χ1n) is 7.25. The normalized spacial score (nSPS) is 20.7. The second-order valence-electron chi connectivity index (χ2n) is 5.52. The maximum atomic E-state index is 10.6. The predicted molar refractivity (Wildman–Crippen MR) is 81.9 cm³/mol. The number of aliphatic hydroxyl groups excluding tert-OH is 1. The van der Waals surface area contributed by atoms with Crippen molar-refractivity contribution in [2.45, 2.75) is 32.0 Å². The summed E-state index contributed by atoms with van der Waals surface area (Å²) >= 11 is 0. The van der Waals surface area contributed by atoms with Crippen LogP contribution >= 0.6 is 0 Å². The standard InChI is InChI=1S/C18H20O3/c1-12-4-3-5-15(10-12)21-17-9-7-13-6-8-14(20-2)11-16(13)18(17)19/h3-6,8,10-11,17-19H,7,9H2,1-2H3. The van der Waals surface area contributed by atoms with Crippen molar-refractivity contribution in [3.05, 3.63) is 59.2 Å². The molecule has 0 bridgehead atoms. The van der Waals surface area contributed by atoms with Crippen molar-refractivity contribution in [1.29, 1.82) is 0 Å². The Morgan fingerprint density at radius 1 is 1.10 bits per heavy atom. The molecule has 1 N–H and O–H groups in total. The van der Waals surface area contributed by atoms with Crippen molar-refractivity contribution in [1.82, 2.24) is 0 Å². The van der Waals surface area contributed by atoms with E-state index < -0.39 is 6.10 Å². The van der Waals surface area contributed by atoms with Gasteiger partial charge in [-0.3, -0.25) is 0 Å². The fourth-order valence-electron chi connectivity index (χ4n) is 2.85. The van der Waals surface area contributed by atoms with Gasteiger partial charge in [-0.05, 0) is 60.7 Å². The lowest BCUT2D eigenvalue weighted by Gasteiger charge is -2.30. The Labute approximate surface area is 125 Å². The molecule has 2 aromatic carbocycles. The Hall–Kier alpha value is -2.00. The second-order valence-corrected chi connectivity index (χ2v) is 5.52. The highest BCUT2D eigenvalue weighted by molar-refractivity contribution is 5.39. The van der Waals surface area contributed by atoms with E-state index in [1.54, 1.807) is 7.11 Å². The third kappa shape index (κ3) is 2.88. The topological polar surface area (TPSA) is 38.7 Å². The van der Waals surface area contributed by atoms with Crippen molar-refractivity contribution in [3.63, 3.8) is 0 Å². The third-order valence-electron chi connectivity index (χ3n) is 4.00. The molecule has 3 heteroatoms. The van der Waals surface area contributed by atoms with Crippen molar-refractivity contribution < 1.29 is 14.6 Å². The van der Waals surface area contributed by atoms with E-state index in [2.05, 4.69) is 0 Å². The van der Waals surface area contributed by atoms with Crippen LogP contribution in [0.1, 0.15) is 29.2 Å². The van der Waals surface area contributed by atoms with Crippen LogP contribution in [0.25, 0.3) is 0 Å². The van der Waals surface area contributed by atoms with Crippen LogP contribution in [-0.4, -0.2) is 18.3 Å². The minimum atomic E-state index is -0.621. The molecule has 0 radical (unpaired) electrons. The maximum absolute atomic E-state index is 10.6. The molecule has 3 nitrogen and oxygen atoms in total. The monoisotopic (exact) mass is 284 g/mol. The Morgan fingerprint density at radius 2 is 1.95 bits per heavy atom. The number of ether oxygens (including phenoxy) is 2. The number of methoxy groups -OCH3 is 1. The molecular weight excluding hydrogens is 264 g/mol. The Kier molecular flexibility index (Phi) is 3.84. The van der Waals surface area contributed by atoms with Gasteiger partial charge in [-0.1, -0.05) is 18.2 Å². The molecule has 3 rings (SSSR count). The summed E-state index contributed by atoms with van der Waals surface area (Å²) < 4.78 is 11.2. The van der Waals surface area contributed by atoms with Crippen molar-refractivity contribution >= 4 is 0 Å². The summed E-state index contributed by atoms with van der Waals surface area (Å²) in [7, 11) is 1.64. The van der Waals surface area contributed by atoms with Gasteiger partial charge in [0, 0.05) is 0 Å². The van der Waals surface area contributed by atoms with Crippen LogP contribution < -0.4 is 9.47 Å². The lowest BCUT2D eigenvalue weighted by atomic mass is 9.87. The highest BCUT2D eigenvalue weighted by Crippen LogP contribution is 2.34. The van der Waals surface area contributed by atoms with Gasteiger partial charge in [0.05, 0.1) is 7.11 Å². The van der Waals surface area contributed by atoms with Crippen molar-refractivity contribution in [2.75, 3.05) is 7.11 Å². The molecule has 0 heterocycles. The third-order valence-corrected chi connectivity index (χ3v) is 4.00. The number of aliphatic hydroxyl groups is 1.